The number of thiazole rings is 1. The zero-order valence-electron chi connectivity index (χ0n) is 18.2. The van der Waals surface area contributed by atoms with Crippen LogP contribution in [0.3, 0.4) is 0 Å². The van der Waals surface area contributed by atoms with Crippen LogP contribution < -0.4 is 4.80 Å². The van der Waals surface area contributed by atoms with Crippen LogP contribution in [0.25, 0.3) is 10.2 Å². The quantitative estimate of drug-likeness (QED) is 0.439. The average Bonchev–Trinajstić information content (AvgIpc) is 3.10. The van der Waals surface area contributed by atoms with Gasteiger partial charge in [0.15, 0.2) is 4.80 Å². The molecule has 32 heavy (non-hydrogen) atoms. The molecule has 0 aliphatic rings. The Morgan fingerprint density at radius 1 is 1.12 bits per heavy atom. The van der Waals surface area contributed by atoms with Crippen molar-refractivity contribution >= 4 is 37.5 Å². The lowest BCUT2D eigenvalue weighted by molar-refractivity contribution is 0.0996. The van der Waals surface area contributed by atoms with Gasteiger partial charge in [0.05, 0.1) is 21.7 Å². The predicted octanol–water partition coefficient (Wildman–Crippen LogP) is 3.65. The SMILES string of the molecule is CCOCCn1c(=NC(=O)c2ccc(S(=O)(=O)N(CC)CC)cc2)sc2cc(F)ccc21. The predicted molar refractivity (Wildman–Crippen MR) is 123 cm³/mol. The fourth-order valence-corrected chi connectivity index (χ4v) is 5.82. The van der Waals surface area contributed by atoms with Crippen molar-refractivity contribution in [1.82, 2.24) is 8.87 Å². The number of carbonyl (C=O) groups is 1. The first kappa shape index (κ1) is 24.2. The standard InChI is InChI=1S/C22H26FN3O4S2/c1-4-25(5-2)32(28,29)18-10-7-16(8-11-18)21(27)24-22-26(13-14-30-6-3)19-12-9-17(23)15-20(19)31-22/h7-12,15H,4-6,13-14H2,1-3H3. The minimum Gasteiger partial charge on any atom is -0.380 e. The molecule has 2 aromatic carbocycles. The van der Waals surface area contributed by atoms with E-state index in [1.807, 2.05) is 11.5 Å². The number of nitrogens with zero attached hydrogens (tertiary/aromatic N) is 3. The number of sulfonamides is 1. The molecule has 0 N–H and O–H groups in total. The zero-order valence-corrected chi connectivity index (χ0v) is 19.9. The van der Waals surface area contributed by atoms with Gasteiger partial charge in [0.1, 0.15) is 5.82 Å². The number of hydrogen-bond acceptors (Lipinski definition) is 5. The maximum Gasteiger partial charge on any atom is 0.279 e. The fourth-order valence-electron chi connectivity index (χ4n) is 3.28. The number of ether oxygens (including phenoxy) is 1. The second-order valence-electron chi connectivity index (χ2n) is 6.88. The van der Waals surface area contributed by atoms with Gasteiger partial charge in [0.25, 0.3) is 5.91 Å². The molecule has 0 radical (unpaired) electrons. The third-order valence-electron chi connectivity index (χ3n) is 4.95. The van der Waals surface area contributed by atoms with E-state index in [4.69, 9.17) is 4.74 Å². The highest BCUT2D eigenvalue weighted by Crippen LogP contribution is 2.20. The van der Waals surface area contributed by atoms with Gasteiger partial charge in [0, 0.05) is 31.8 Å². The van der Waals surface area contributed by atoms with Crippen LogP contribution in [-0.2, 0) is 21.3 Å². The van der Waals surface area contributed by atoms with Crippen molar-refractivity contribution in [2.24, 2.45) is 4.99 Å². The van der Waals surface area contributed by atoms with Gasteiger partial charge < -0.3 is 9.30 Å². The van der Waals surface area contributed by atoms with Crippen LogP contribution in [0.2, 0.25) is 0 Å². The maximum atomic E-state index is 13.7. The van der Waals surface area contributed by atoms with Gasteiger partial charge in [-0.1, -0.05) is 25.2 Å². The van der Waals surface area contributed by atoms with Crippen molar-refractivity contribution in [3.05, 3.63) is 58.6 Å². The van der Waals surface area contributed by atoms with Gasteiger partial charge in [-0.2, -0.15) is 9.30 Å². The van der Waals surface area contributed by atoms with Gasteiger partial charge in [-0.3, -0.25) is 4.79 Å². The van der Waals surface area contributed by atoms with Crippen molar-refractivity contribution in [2.45, 2.75) is 32.2 Å². The number of amides is 1. The minimum atomic E-state index is -3.60. The molecule has 1 heterocycles. The highest BCUT2D eigenvalue weighted by molar-refractivity contribution is 7.89. The zero-order chi connectivity index (χ0) is 23.3. The fraction of sp³-hybridized carbons (Fsp3) is 0.364. The number of halogens is 1. The highest BCUT2D eigenvalue weighted by Gasteiger charge is 2.21. The molecule has 0 spiro atoms. The Balaban J connectivity index is 1.96. The number of aromatic nitrogens is 1. The molecule has 1 amide bonds. The summed E-state index contributed by atoms with van der Waals surface area (Å²) in [6, 6.07) is 10.2. The highest BCUT2D eigenvalue weighted by atomic mass is 32.2. The molecule has 172 valence electrons. The van der Waals surface area contributed by atoms with Gasteiger partial charge in [-0.15, -0.1) is 0 Å². The smallest absolute Gasteiger partial charge is 0.279 e. The van der Waals surface area contributed by atoms with E-state index in [2.05, 4.69) is 4.99 Å². The van der Waals surface area contributed by atoms with Gasteiger partial charge in [-0.25, -0.2) is 12.8 Å². The summed E-state index contributed by atoms with van der Waals surface area (Å²) in [5, 5.41) is 0. The first-order chi connectivity index (χ1) is 15.3. The van der Waals surface area contributed by atoms with Crippen LogP contribution in [0.5, 0.6) is 0 Å². The van der Waals surface area contributed by atoms with Crippen molar-refractivity contribution < 1.29 is 22.3 Å². The molecule has 0 aliphatic carbocycles. The molecule has 10 heteroatoms. The number of fused-ring (bicyclic) bond motifs is 1. The summed E-state index contributed by atoms with van der Waals surface area (Å²) in [6.45, 7) is 7.62. The topological polar surface area (TPSA) is 81.0 Å². The monoisotopic (exact) mass is 479 g/mol. The van der Waals surface area contributed by atoms with Crippen molar-refractivity contribution in [1.29, 1.82) is 0 Å². The third-order valence-corrected chi connectivity index (χ3v) is 8.06. The van der Waals surface area contributed by atoms with E-state index < -0.39 is 15.9 Å². The molecule has 1 aromatic heterocycles. The van der Waals surface area contributed by atoms with Crippen LogP contribution in [0, 0.1) is 5.82 Å². The molecule has 0 fully saturated rings. The second kappa shape index (κ2) is 10.5. The molecular formula is C22H26FN3O4S2. The van der Waals surface area contributed by atoms with Crippen molar-refractivity contribution in [3.8, 4) is 0 Å². The third kappa shape index (κ3) is 5.15. The van der Waals surface area contributed by atoms with E-state index in [1.54, 1.807) is 19.9 Å². The maximum absolute atomic E-state index is 13.7. The summed E-state index contributed by atoms with van der Waals surface area (Å²) < 4.78 is 48.2. The van der Waals surface area contributed by atoms with Crippen molar-refractivity contribution in [2.75, 3.05) is 26.3 Å². The Morgan fingerprint density at radius 2 is 1.81 bits per heavy atom. The van der Waals surface area contributed by atoms with E-state index in [0.29, 0.717) is 42.3 Å². The molecule has 7 nitrogen and oxygen atoms in total. The van der Waals surface area contributed by atoms with Gasteiger partial charge >= 0.3 is 0 Å². The molecule has 0 saturated heterocycles. The van der Waals surface area contributed by atoms with Crippen LogP contribution in [0.4, 0.5) is 4.39 Å². The molecule has 3 rings (SSSR count). The van der Waals surface area contributed by atoms with Crippen LogP contribution >= 0.6 is 11.3 Å². The normalized spacial score (nSPS) is 12.7. The van der Waals surface area contributed by atoms with E-state index in [0.717, 1.165) is 5.52 Å². The summed E-state index contributed by atoms with van der Waals surface area (Å²) in [5.41, 5.74) is 1.03. The summed E-state index contributed by atoms with van der Waals surface area (Å²) in [5.74, 6) is -0.868. The number of carbonyl (C=O) groups excluding carboxylic acids is 1. The van der Waals surface area contributed by atoms with E-state index in [-0.39, 0.29) is 16.3 Å². The first-order valence-corrected chi connectivity index (χ1v) is 12.6. The van der Waals surface area contributed by atoms with Crippen LogP contribution in [0.1, 0.15) is 31.1 Å². The molecular weight excluding hydrogens is 453 g/mol. The van der Waals surface area contributed by atoms with Crippen LogP contribution in [0.15, 0.2) is 52.4 Å². The van der Waals surface area contributed by atoms with Gasteiger partial charge in [0.2, 0.25) is 10.0 Å². The lowest BCUT2D eigenvalue weighted by Crippen LogP contribution is -2.30. The Morgan fingerprint density at radius 3 is 2.44 bits per heavy atom. The Kier molecular flexibility index (Phi) is 7.94. The summed E-state index contributed by atoms with van der Waals surface area (Å²) in [4.78, 5) is 17.6. The summed E-state index contributed by atoms with van der Waals surface area (Å²) in [6.07, 6.45) is 0. The first-order valence-electron chi connectivity index (χ1n) is 10.4. The lowest BCUT2D eigenvalue weighted by atomic mass is 10.2. The Hall–Kier alpha value is -2.40. The average molecular weight is 480 g/mol. The van der Waals surface area contributed by atoms with E-state index >= 15 is 0 Å². The lowest BCUT2D eigenvalue weighted by Gasteiger charge is -2.18. The summed E-state index contributed by atoms with van der Waals surface area (Å²) in [7, 11) is -3.60. The molecule has 0 bridgehead atoms. The van der Waals surface area contributed by atoms with E-state index in [1.165, 1.54) is 52.0 Å². The largest absolute Gasteiger partial charge is 0.380 e. The summed E-state index contributed by atoms with van der Waals surface area (Å²) >= 11 is 1.21. The van der Waals surface area contributed by atoms with Gasteiger partial charge in [-0.05, 0) is 49.4 Å². The Bertz CT molecular complexity index is 1260. The number of benzene rings is 2. The Labute approximate surface area is 190 Å². The molecule has 0 aliphatic heterocycles. The second-order valence-corrected chi connectivity index (χ2v) is 9.82. The van der Waals surface area contributed by atoms with E-state index in [9.17, 15) is 17.6 Å². The number of hydrogen-bond donors (Lipinski definition) is 0. The van der Waals surface area contributed by atoms with Crippen LogP contribution in [-0.4, -0.2) is 49.5 Å². The molecule has 0 saturated carbocycles. The van der Waals surface area contributed by atoms with Crippen molar-refractivity contribution in [3.63, 3.8) is 0 Å². The number of rotatable bonds is 9. The molecule has 0 atom stereocenters. The minimum absolute atomic E-state index is 0.127. The molecule has 3 aromatic rings. The molecule has 0 unspecified atom stereocenters.